The summed E-state index contributed by atoms with van der Waals surface area (Å²) in [6.45, 7) is 7.97. The zero-order valence-corrected chi connectivity index (χ0v) is 13.7. The first-order valence-corrected chi connectivity index (χ1v) is 7.75. The van der Waals surface area contributed by atoms with Gasteiger partial charge in [-0.3, -0.25) is 0 Å². The van der Waals surface area contributed by atoms with Gasteiger partial charge in [-0.2, -0.15) is 0 Å². The van der Waals surface area contributed by atoms with E-state index in [1.54, 1.807) is 4.90 Å². The molecule has 1 aromatic rings. The van der Waals surface area contributed by atoms with Gasteiger partial charge in [0.25, 0.3) is 0 Å². The van der Waals surface area contributed by atoms with Gasteiger partial charge in [0, 0.05) is 28.4 Å². The molecule has 1 N–H and O–H groups in total. The highest BCUT2D eigenvalue weighted by atomic mass is 79.9. The summed E-state index contributed by atoms with van der Waals surface area (Å²) < 4.78 is 1.06. The minimum Gasteiger partial charge on any atom is -0.465 e. The Balaban J connectivity index is 2.06. The highest BCUT2D eigenvalue weighted by Crippen LogP contribution is 2.75. The highest BCUT2D eigenvalue weighted by Gasteiger charge is 2.77. The molecule has 1 aliphatic heterocycles. The predicted octanol–water partition coefficient (Wildman–Crippen LogP) is 4.12. The summed E-state index contributed by atoms with van der Waals surface area (Å²) in [5, 5.41) is 9.36. The highest BCUT2D eigenvalue weighted by molar-refractivity contribution is 9.10. The van der Waals surface area contributed by atoms with E-state index in [0.717, 1.165) is 10.9 Å². The van der Waals surface area contributed by atoms with Gasteiger partial charge in [-0.25, -0.2) is 4.79 Å². The number of benzene rings is 1. The fourth-order valence-electron chi connectivity index (χ4n) is 4.20. The molecule has 1 saturated carbocycles. The van der Waals surface area contributed by atoms with Crippen molar-refractivity contribution in [3.05, 3.63) is 34.3 Å². The van der Waals surface area contributed by atoms with Gasteiger partial charge >= 0.3 is 6.09 Å². The maximum atomic E-state index is 11.4. The molecule has 20 heavy (non-hydrogen) atoms. The molecule has 1 unspecified atom stereocenters. The van der Waals surface area contributed by atoms with Crippen LogP contribution in [-0.2, 0) is 5.41 Å². The number of amides is 1. The van der Waals surface area contributed by atoms with Crippen LogP contribution in [0.3, 0.4) is 0 Å². The van der Waals surface area contributed by atoms with Crippen LogP contribution in [-0.4, -0.2) is 29.2 Å². The molecular formula is C16H20BrNO2. The lowest BCUT2D eigenvalue weighted by molar-refractivity contribution is 0.133. The fourth-order valence-corrected chi connectivity index (χ4v) is 4.60. The van der Waals surface area contributed by atoms with Crippen molar-refractivity contribution in [3.63, 3.8) is 0 Å². The minimum absolute atomic E-state index is 0.00653. The van der Waals surface area contributed by atoms with Crippen LogP contribution in [0.4, 0.5) is 4.79 Å². The molecule has 0 aromatic heterocycles. The van der Waals surface area contributed by atoms with Crippen molar-refractivity contribution in [3.8, 4) is 0 Å². The molecule has 0 radical (unpaired) electrons. The number of likely N-dealkylation sites (tertiary alicyclic amines) is 1. The Morgan fingerprint density at radius 2 is 2.05 bits per heavy atom. The van der Waals surface area contributed by atoms with Crippen LogP contribution in [0, 0.1) is 10.8 Å². The van der Waals surface area contributed by atoms with Gasteiger partial charge in [0.15, 0.2) is 0 Å². The first-order valence-electron chi connectivity index (χ1n) is 6.96. The molecule has 2 atom stereocenters. The fraction of sp³-hybridized carbons (Fsp3) is 0.562. The molecule has 1 amide bonds. The Morgan fingerprint density at radius 3 is 2.60 bits per heavy atom. The van der Waals surface area contributed by atoms with Crippen molar-refractivity contribution in [2.45, 2.75) is 32.6 Å². The van der Waals surface area contributed by atoms with Crippen molar-refractivity contribution >= 4 is 22.0 Å². The quantitative estimate of drug-likeness (QED) is 0.837. The Kier molecular flexibility index (Phi) is 2.79. The summed E-state index contributed by atoms with van der Waals surface area (Å²) in [5.41, 5.74) is 1.43. The first-order chi connectivity index (χ1) is 9.22. The molecule has 2 fully saturated rings. The van der Waals surface area contributed by atoms with Crippen molar-refractivity contribution in [1.82, 2.24) is 4.90 Å². The zero-order chi connectivity index (χ0) is 14.8. The molecule has 1 aliphatic carbocycles. The van der Waals surface area contributed by atoms with Gasteiger partial charge in [0.2, 0.25) is 0 Å². The van der Waals surface area contributed by atoms with Crippen LogP contribution < -0.4 is 0 Å². The van der Waals surface area contributed by atoms with E-state index in [-0.39, 0.29) is 16.2 Å². The molecule has 0 bridgehead atoms. The molecule has 2 aliphatic rings. The first kappa shape index (κ1) is 13.9. The zero-order valence-electron chi connectivity index (χ0n) is 12.1. The largest absolute Gasteiger partial charge is 0.465 e. The van der Waals surface area contributed by atoms with Gasteiger partial charge in [0.1, 0.15) is 0 Å². The van der Waals surface area contributed by atoms with Crippen molar-refractivity contribution < 1.29 is 9.90 Å². The van der Waals surface area contributed by atoms with E-state index >= 15 is 0 Å². The molecule has 108 valence electrons. The second kappa shape index (κ2) is 4.00. The van der Waals surface area contributed by atoms with Crippen LogP contribution in [0.5, 0.6) is 0 Å². The second-order valence-corrected chi connectivity index (χ2v) is 8.16. The monoisotopic (exact) mass is 337 g/mol. The Labute approximate surface area is 128 Å². The Bertz CT molecular complexity index is 580. The number of carboxylic acid groups (broad SMARTS) is 1. The molecule has 1 heterocycles. The standard InChI is InChI=1S/C16H20BrNO2/c1-14(2,3)16-8-15(16,9-18(10-16)13(19)20)11-5-4-6-12(17)7-11/h4-7H,8-10H2,1-3H3,(H,19,20)/t15-,16?/m1/s1. The summed E-state index contributed by atoms with van der Waals surface area (Å²) in [6.07, 6.45) is 0.291. The minimum atomic E-state index is -0.796. The van der Waals surface area contributed by atoms with E-state index in [0.29, 0.717) is 13.1 Å². The molecule has 3 nitrogen and oxygen atoms in total. The van der Waals surface area contributed by atoms with Gasteiger partial charge in [-0.1, -0.05) is 48.8 Å². The smallest absolute Gasteiger partial charge is 0.407 e. The molecular weight excluding hydrogens is 318 g/mol. The lowest BCUT2D eigenvalue weighted by Crippen LogP contribution is -2.34. The molecule has 3 rings (SSSR count). The molecule has 0 spiro atoms. The van der Waals surface area contributed by atoms with Crippen LogP contribution in [0.15, 0.2) is 28.7 Å². The van der Waals surface area contributed by atoms with E-state index in [4.69, 9.17) is 0 Å². The van der Waals surface area contributed by atoms with Gasteiger partial charge in [0.05, 0.1) is 0 Å². The van der Waals surface area contributed by atoms with Crippen LogP contribution in [0.2, 0.25) is 0 Å². The maximum absolute atomic E-state index is 11.4. The number of halogens is 1. The van der Waals surface area contributed by atoms with E-state index in [9.17, 15) is 9.90 Å². The molecule has 1 saturated heterocycles. The van der Waals surface area contributed by atoms with Gasteiger partial charge < -0.3 is 10.0 Å². The number of hydrogen-bond donors (Lipinski definition) is 1. The number of carbonyl (C=O) groups is 1. The summed E-state index contributed by atoms with van der Waals surface area (Å²) in [6, 6.07) is 8.36. The average Bonchev–Trinajstić information content (AvgIpc) is 2.88. The topological polar surface area (TPSA) is 40.5 Å². The second-order valence-electron chi connectivity index (χ2n) is 7.24. The van der Waals surface area contributed by atoms with E-state index in [1.165, 1.54) is 5.56 Å². The number of fused-ring (bicyclic) bond motifs is 1. The number of piperidine rings is 1. The molecule has 1 aromatic carbocycles. The van der Waals surface area contributed by atoms with E-state index in [2.05, 4.69) is 48.8 Å². The summed E-state index contributed by atoms with van der Waals surface area (Å²) >= 11 is 3.53. The predicted molar refractivity (Wildman–Crippen MR) is 81.9 cm³/mol. The van der Waals surface area contributed by atoms with Crippen molar-refractivity contribution in [2.24, 2.45) is 10.8 Å². The summed E-state index contributed by atoms with van der Waals surface area (Å²) in [7, 11) is 0. The lowest BCUT2D eigenvalue weighted by Gasteiger charge is -2.32. The summed E-state index contributed by atoms with van der Waals surface area (Å²) in [5.74, 6) is 0. The summed E-state index contributed by atoms with van der Waals surface area (Å²) in [4.78, 5) is 13.0. The van der Waals surface area contributed by atoms with Gasteiger partial charge in [-0.15, -0.1) is 0 Å². The Morgan fingerprint density at radius 1 is 1.35 bits per heavy atom. The SMILES string of the molecule is CC(C)(C)C12CN(C(=O)O)C[C@@]1(c1cccc(Br)c1)C2. The van der Waals surface area contributed by atoms with Crippen LogP contribution in [0.25, 0.3) is 0 Å². The normalized spacial score (nSPS) is 32.1. The van der Waals surface area contributed by atoms with Crippen LogP contribution in [0.1, 0.15) is 32.8 Å². The number of rotatable bonds is 1. The van der Waals surface area contributed by atoms with E-state index < -0.39 is 6.09 Å². The third kappa shape index (κ3) is 1.67. The number of nitrogens with zero attached hydrogens (tertiary/aromatic N) is 1. The maximum Gasteiger partial charge on any atom is 0.407 e. The Hall–Kier alpha value is -1.03. The van der Waals surface area contributed by atoms with Crippen LogP contribution >= 0.6 is 15.9 Å². The average molecular weight is 338 g/mol. The third-order valence-corrected chi connectivity index (χ3v) is 5.89. The van der Waals surface area contributed by atoms with Crippen molar-refractivity contribution in [1.29, 1.82) is 0 Å². The van der Waals surface area contributed by atoms with Crippen molar-refractivity contribution in [2.75, 3.05) is 13.1 Å². The van der Waals surface area contributed by atoms with E-state index in [1.807, 2.05) is 12.1 Å². The third-order valence-electron chi connectivity index (χ3n) is 5.40. The lowest BCUT2D eigenvalue weighted by atomic mass is 9.72. The number of hydrogen-bond acceptors (Lipinski definition) is 1. The van der Waals surface area contributed by atoms with Gasteiger partial charge in [-0.05, 0) is 29.5 Å². The molecule has 4 heteroatoms.